The minimum absolute atomic E-state index is 0.0165. The van der Waals surface area contributed by atoms with Crippen molar-refractivity contribution in [3.8, 4) is 0 Å². The minimum Gasteiger partial charge on any atom is -0.440 e. The SMILES string of the molecule is O=C([C@H]1CCCN1C(=O)c1cccs1)N1CCC(c2nc3ccccc3o2)CC1. The normalized spacial score (nSPS) is 20.5. The van der Waals surface area contributed by atoms with Gasteiger partial charge in [0.05, 0.1) is 4.88 Å². The van der Waals surface area contributed by atoms with Crippen LogP contribution in [0.3, 0.4) is 0 Å². The van der Waals surface area contributed by atoms with Crippen molar-refractivity contribution < 1.29 is 14.0 Å². The standard InChI is InChI=1S/C22H23N3O3S/c26-21(17-6-3-11-25(17)22(27)19-8-4-14-29-19)24-12-9-15(10-13-24)20-23-16-5-1-2-7-18(16)28-20/h1-2,4-5,7-8,14-15,17H,3,6,9-13H2/t17-/m1/s1. The molecule has 2 aromatic heterocycles. The topological polar surface area (TPSA) is 66.7 Å². The maximum Gasteiger partial charge on any atom is 0.264 e. The maximum atomic E-state index is 13.2. The van der Waals surface area contributed by atoms with Gasteiger partial charge in [-0.2, -0.15) is 0 Å². The van der Waals surface area contributed by atoms with Crippen molar-refractivity contribution in [2.45, 2.75) is 37.6 Å². The number of piperidine rings is 1. The van der Waals surface area contributed by atoms with Crippen molar-refractivity contribution in [3.05, 3.63) is 52.5 Å². The van der Waals surface area contributed by atoms with E-state index in [1.54, 1.807) is 4.90 Å². The second-order valence-corrected chi connectivity index (χ2v) is 8.70. The van der Waals surface area contributed by atoms with Crippen molar-refractivity contribution in [2.24, 2.45) is 0 Å². The largest absolute Gasteiger partial charge is 0.440 e. The van der Waals surface area contributed by atoms with Crippen molar-refractivity contribution >= 4 is 34.3 Å². The van der Waals surface area contributed by atoms with Gasteiger partial charge < -0.3 is 14.2 Å². The quantitative estimate of drug-likeness (QED) is 0.658. The summed E-state index contributed by atoms with van der Waals surface area (Å²) in [7, 11) is 0. The molecule has 0 unspecified atom stereocenters. The summed E-state index contributed by atoms with van der Waals surface area (Å²) >= 11 is 1.43. The first-order valence-corrected chi connectivity index (χ1v) is 11.1. The molecule has 6 nitrogen and oxygen atoms in total. The number of oxazole rings is 1. The first kappa shape index (κ1) is 18.4. The van der Waals surface area contributed by atoms with E-state index < -0.39 is 0 Å². The van der Waals surface area contributed by atoms with Gasteiger partial charge in [0.2, 0.25) is 5.91 Å². The van der Waals surface area contributed by atoms with Gasteiger partial charge in [0.25, 0.3) is 5.91 Å². The molecule has 1 aromatic carbocycles. The highest BCUT2D eigenvalue weighted by molar-refractivity contribution is 7.12. The lowest BCUT2D eigenvalue weighted by molar-refractivity contribution is -0.136. The van der Waals surface area contributed by atoms with Gasteiger partial charge in [-0.1, -0.05) is 18.2 Å². The van der Waals surface area contributed by atoms with E-state index in [0.29, 0.717) is 24.5 Å². The van der Waals surface area contributed by atoms with E-state index in [4.69, 9.17) is 4.42 Å². The summed E-state index contributed by atoms with van der Waals surface area (Å²) in [5.74, 6) is 1.08. The second-order valence-electron chi connectivity index (χ2n) is 7.75. The molecule has 0 bridgehead atoms. The van der Waals surface area contributed by atoms with E-state index in [1.165, 1.54) is 11.3 Å². The molecule has 0 spiro atoms. The van der Waals surface area contributed by atoms with Crippen LogP contribution in [0.2, 0.25) is 0 Å². The number of fused-ring (bicyclic) bond motifs is 1. The third-order valence-corrected chi connectivity index (χ3v) is 6.85. The van der Waals surface area contributed by atoms with E-state index in [1.807, 2.05) is 46.7 Å². The van der Waals surface area contributed by atoms with Crippen LogP contribution >= 0.6 is 11.3 Å². The summed E-state index contributed by atoms with van der Waals surface area (Å²) in [5, 5.41) is 1.90. The Bertz CT molecular complexity index is 988. The van der Waals surface area contributed by atoms with Gasteiger partial charge in [0.15, 0.2) is 11.5 Å². The van der Waals surface area contributed by atoms with Crippen molar-refractivity contribution in [1.82, 2.24) is 14.8 Å². The molecule has 5 rings (SSSR count). The number of rotatable bonds is 3. The highest BCUT2D eigenvalue weighted by atomic mass is 32.1. The molecule has 0 saturated carbocycles. The molecule has 1 atom stereocenters. The smallest absolute Gasteiger partial charge is 0.264 e. The zero-order valence-corrected chi connectivity index (χ0v) is 16.9. The van der Waals surface area contributed by atoms with Crippen LogP contribution in [-0.2, 0) is 4.79 Å². The number of amides is 2. The Kier molecular flexibility index (Phi) is 4.83. The summed E-state index contributed by atoms with van der Waals surface area (Å²) in [5.41, 5.74) is 1.70. The average molecular weight is 410 g/mol. The highest BCUT2D eigenvalue weighted by Gasteiger charge is 2.38. The second kappa shape index (κ2) is 7.63. The monoisotopic (exact) mass is 409 g/mol. The van der Waals surface area contributed by atoms with E-state index in [-0.39, 0.29) is 23.8 Å². The Morgan fingerprint density at radius 3 is 2.62 bits per heavy atom. The predicted molar refractivity (Wildman–Crippen MR) is 111 cm³/mol. The van der Waals surface area contributed by atoms with Gasteiger partial charge in [-0.15, -0.1) is 11.3 Å². The Morgan fingerprint density at radius 1 is 1.03 bits per heavy atom. The molecule has 2 amide bonds. The van der Waals surface area contributed by atoms with Crippen LogP contribution in [0.25, 0.3) is 11.1 Å². The van der Waals surface area contributed by atoms with Crippen LogP contribution in [-0.4, -0.2) is 52.3 Å². The molecule has 0 aliphatic carbocycles. The third-order valence-electron chi connectivity index (χ3n) is 6.00. The molecule has 2 saturated heterocycles. The Hall–Kier alpha value is -2.67. The van der Waals surface area contributed by atoms with Gasteiger partial charge in [-0.3, -0.25) is 9.59 Å². The Balaban J connectivity index is 1.24. The maximum absolute atomic E-state index is 13.2. The van der Waals surface area contributed by atoms with Crippen molar-refractivity contribution in [1.29, 1.82) is 0 Å². The zero-order valence-electron chi connectivity index (χ0n) is 16.1. The first-order valence-electron chi connectivity index (χ1n) is 10.2. The van der Waals surface area contributed by atoms with E-state index in [2.05, 4.69) is 4.98 Å². The lowest BCUT2D eigenvalue weighted by atomic mass is 9.96. The van der Waals surface area contributed by atoms with Crippen LogP contribution in [0, 0.1) is 0 Å². The van der Waals surface area contributed by atoms with Gasteiger partial charge in [0.1, 0.15) is 11.6 Å². The summed E-state index contributed by atoms with van der Waals surface area (Å²) < 4.78 is 5.93. The number of benzene rings is 1. The van der Waals surface area contributed by atoms with Gasteiger partial charge in [0, 0.05) is 25.6 Å². The average Bonchev–Trinajstić information content (AvgIpc) is 3.53. The fourth-order valence-electron chi connectivity index (χ4n) is 4.43. The zero-order chi connectivity index (χ0) is 19.8. The van der Waals surface area contributed by atoms with E-state index >= 15 is 0 Å². The molecule has 150 valence electrons. The van der Waals surface area contributed by atoms with Crippen LogP contribution < -0.4 is 0 Å². The minimum atomic E-state index is -0.328. The molecule has 3 aromatic rings. The van der Waals surface area contributed by atoms with Gasteiger partial charge >= 0.3 is 0 Å². The molecule has 4 heterocycles. The number of para-hydroxylation sites is 2. The molecule has 0 N–H and O–H groups in total. The Labute approximate surface area is 173 Å². The Morgan fingerprint density at radius 2 is 1.86 bits per heavy atom. The van der Waals surface area contributed by atoms with Crippen LogP contribution in [0.4, 0.5) is 0 Å². The summed E-state index contributed by atoms with van der Waals surface area (Å²) in [4.78, 5) is 35.0. The fourth-order valence-corrected chi connectivity index (χ4v) is 5.11. The highest BCUT2D eigenvalue weighted by Crippen LogP contribution is 2.31. The van der Waals surface area contributed by atoms with Crippen molar-refractivity contribution in [3.63, 3.8) is 0 Å². The predicted octanol–water partition coefficient (Wildman–Crippen LogP) is 3.90. The number of likely N-dealkylation sites (tertiary alicyclic amines) is 2. The molecule has 7 heteroatoms. The van der Waals surface area contributed by atoms with Crippen LogP contribution in [0.1, 0.15) is 47.2 Å². The molecule has 2 aliphatic rings. The number of carbonyl (C=O) groups excluding carboxylic acids is 2. The summed E-state index contributed by atoms with van der Waals surface area (Å²) in [6.45, 7) is 2.02. The van der Waals surface area contributed by atoms with Gasteiger partial charge in [-0.25, -0.2) is 4.98 Å². The first-order chi connectivity index (χ1) is 14.2. The molecule has 0 radical (unpaired) electrons. The van der Waals surface area contributed by atoms with E-state index in [0.717, 1.165) is 42.7 Å². The molecule has 29 heavy (non-hydrogen) atoms. The summed E-state index contributed by atoms with van der Waals surface area (Å²) in [6, 6.07) is 11.2. The number of hydrogen-bond acceptors (Lipinski definition) is 5. The van der Waals surface area contributed by atoms with Gasteiger partial charge in [-0.05, 0) is 49.3 Å². The van der Waals surface area contributed by atoms with E-state index in [9.17, 15) is 9.59 Å². The number of nitrogens with zero attached hydrogens (tertiary/aromatic N) is 3. The van der Waals surface area contributed by atoms with Crippen LogP contribution in [0.15, 0.2) is 46.2 Å². The number of hydrogen-bond donors (Lipinski definition) is 0. The number of thiophene rings is 1. The number of carbonyl (C=O) groups is 2. The lowest BCUT2D eigenvalue weighted by Crippen LogP contribution is -2.49. The molecule has 2 fully saturated rings. The molecular weight excluding hydrogens is 386 g/mol. The van der Waals surface area contributed by atoms with Crippen molar-refractivity contribution in [2.75, 3.05) is 19.6 Å². The molecule has 2 aliphatic heterocycles. The lowest BCUT2D eigenvalue weighted by Gasteiger charge is -2.34. The fraction of sp³-hybridized carbons (Fsp3) is 0.409. The van der Waals surface area contributed by atoms with Crippen LogP contribution in [0.5, 0.6) is 0 Å². The summed E-state index contributed by atoms with van der Waals surface area (Å²) in [6.07, 6.45) is 3.31. The third kappa shape index (κ3) is 3.44. The molecular formula is C22H23N3O3S. The number of aromatic nitrogens is 1.